The van der Waals surface area contributed by atoms with Crippen molar-refractivity contribution >= 4 is 40.7 Å². The molecule has 0 saturated heterocycles. The molecule has 0 aliphatic rings. The summed E-state index contributed by atoms with van der Waals surface area (Å²) >= 11 is 0. The van der Waals surface area contributed by atoms with Gasteiger partial charge in [-0.2, -0.15) is 0 Å². The summed E-state index contributed by atoms with van der Waals surface area (Å²) in [5.74, 6) is -2.92. The van der Waals surface area contributed by atoms with Crippen molar-refractivity contribution < 1.29 is 33.4 Å². The van der Waals surface area contributed by atoms with Gasteiger partial charge in [0.2, 0.25) is 17.7 Å². The summed E-state index contributed by atoms with van der Waals surface area (Å²) in [6, 6.07) is 24.1. The molecule has 1 unspecified atom stereocenters. The molecule has 54 heavy (non-hydrogen) atoms. The van der Waals surface area contributed by atoms with Gasteiger partial charge in [0.25, 0.3) is 0 Å². The van der Waals surface area contributed by atoms with E-state index in [2.05, 4.69) is 26.3 Å². The summed E-state index contributed by atoms with van der Waals surface area (Å²) in [7, 11) is 0. The zero-order chi connectivity index (χ0) is 39.3. The second kappa shape index (κ2) is 18.9. The molecule has 4 aromatic rings. The van der Waals surface area contributed by atoms with Crippen molar-refractivity contribution in [3.63, 3.8) is 0 Å². The molecule has 0 saturated carbocycles. The molecule has 1 heterocycles. The van der Waals surface area contributed by atoms with Crippen molar-refractivity contribution in [1.29, 1.82) is 0 Å². The van der Waals surface area contributed by atoms with Gasteiger partial charge < -0.3 is 35.7 Å². The maximum absolute atomic E-state index is 14.3. The number of H-pyrrole nitrogens is 1. The van der Waals surface area contributed by atoms with Crippen LogP contribution >= 0.6 is 0 Å². The van der Waals surface area contributed by atoms with Crippen LogP contribution in [0.5, 0.6) is 0 Å². The van der Waals surface area contributed by atoms with Gasteiger partial charge in [0.15, 0.2) is 0 Å². The molecular weight excluding hydrogens is 686 g/mol. The predicted octanol–water partition coefficient (Wildman–Crippen LogP) is 5.15. The van der Waals surface area contributed by atoms with Gasteiger partial charge in [-0.25, -0.2) is 4.79 Å². The van der Waals surface area contributed by atoms with Crippen LogP contribution in [0.25, 0.3) is 10.9 Å². The van der Waals surface area contributed by atoms with E-state index in [4.69, 9.17) is 9.47 Å². The third kappa shape index (κ3) is 13.7. The van der Waals surface area contributed by atoms with Crippen LogP contribution in [0.2, 0.25) is 0 Å². The Balaban J connectivity index is 1.58. The zero-order valence-electron chi connectivity index (χ0n) is 32.0. The molecule has 4 rings (SSSR count). The number of rotatable bonds is 16. The van der Waals surface area contributed by atoms with Gasteiger partial charge in [-0.15, -0.1) is 0 Å². The van der Waals surface area contributed by atoms with E-state index in [1.54, 1.807) is 47.7 Å². The molecule has 0 aliphatic carbocycles. The monoisotopic (exact) mass is 739 g/mol. The van der Waals surface area contributed by atoms with Gasteiger partial charge in [0.1, 0.15) is 23.3 Å². The molecule has 0 bridgehead atoms. The van der Waals surface area contributed by atoms with Crippen molar-refractivity contribution in [2.75, 3.05) is 13.1 Å². The largest absolute Gasteiger partial charge is 0.460 e. The van der Waals surface area contributed by atoms with E-state index >= 15 is 0 Å². The van der Waals surface area contributed by atoms with E-state index in [0.29, 0.717) is 0 Å². The summed E-state index contributed by atoms with van der Waals surface area (Å²) in [4.78, 5) is 70.4. The van der Waals surface area contributed by atoms with Crippen LogP contribution in [0.3, 0.4) is 0 Å². The number of ether oxygens (including phenoxy) is 2. The van der Waals surface area contributed by atoms with Crippen LogP contribution in [0.4, 0.5) is 4.79 Å². The first-order valence-corrected chi connectivity index (χ1v) is 18.3. The van der Waals surface area contributed by atoms with Crippen LogP contribution in [-0.4, -0.2) is 71.1 Å². The lowest BCUT2D eigenvalue weighted by molar-refractivity contribution is -0.157. The minimum Gasteiger partial charge on any atom is -0.460 e. The van der Waals surface area contributed by atoms with Gasteiger partial charge in [0.05, 0.1) is 12.3 Å². The fraction of sp³-hybridized carbons (Fsp3) is 0.405. The standard InChI is InChI=1S/C42H53N5O7/c1-41(2,3)53-36(48)26-30(23-28-15-9-7-10-16-28)37(49)46-35(25-31-27-45-33-20-14-13-19-32(31)33)39(51)47-34(24-29-17-11-8-12-18-29)38(50)43-21-22-44-40(52)54-42(4,5)6/h7-20,27,30,34-35,45H,21-26H2,1-6H3,(H,43,50)(H,44,52)(H,46,49)(H,47,51)/t30?,34-,35-/m0/s1. The number of nitrogens with one attached hydrogen (secondary N) is 5. The average Bonchev–Trinajstić information content (AvgIpc) is 3.51. The number of benzene rings is 3. The number of carbonyl (C=O) groups is 5. The molecule has 0 radical (unpaired) electrons. The van der Waals surface area contributed by atoms with E-state index in [0.717, 1.165) is 27.6 Å². The highest BCUT2D eigenvalue weighted by Gasteiger charge is 2.32. The Kier molecular flexibility index (Phi) is 14.4. The number of hydrogen-bond acceptors (Lipinski definition) is 7. The maximum atomic E-state index is 14.3. The number of alkyl carbamates (subject to hydrolysis) is 1. The van der Waals surface area contributed by atoms with Gasteiger partial charge >= 0.3 is 12.1 Å². The van der Waals surface area contributed by atoms with E-state index in [-0.39, 0.29) is 38.8 Å². The Morgan fingerprint density at radius 3 is 1.78 bits per heavy atom. The third-order valence-electron chi connectivity index (χ3n) is 8.27. The molecular formula is C42H53N5O7. The summed E-state index contributed by atoms with van der Waals surface area (Å²) < 4.78 is 10.8. The molecule has 3 aromatic carbocycles. The minimum atomic E-state index is -1.12. The Morgan fingerprint density at radius 2 is 1.15 bits per heavy atom. The highest BCUT2D eigenvalue weighted by molar-refractivity contribution is 5.94. The molecule has 0 spiro atoms. The summed E-state index contributed by atoms with van der Waals surface area (Å²) in [5, 5.41) is 12.1. The zero-order valence-corrected chi connectivity index (χ0v) is 32.0. The molecule has 1 aromatic heterocycles. The number of carbonyl (C=O) groups excluding carboxylic acids is 5. The predicted molar refractivity (Wildman–Crippen MR) is 207 cm³/mol. The molecule has 4 amide bonds. The summed E-state index contributed by atoms with van der Waals surface area (Å²) in [6.45, 7) is 10.7. The van der Waals surface area contributed by atoms with Crippen LogP contribution in [0, 0.1) is 5.92 Å². The number of hydrogen-bond donors (Lipinski definition) is 5. The Bertz CT molecular complexity index is 1860. The number of aromatic nitrogens is 1. The van der Waals surface area contributed by atoms with Crippen molar-refractivity contribution in [2.24, 2.45) is 5.92 Å². The quantitative estimate of drug-likeness (QED) is 0.0782. The molecule has 3 atom stereocenters. The third-order valence-corrected chi connectivity index (χ3v) is 8.27. The topological polar surface area (TPSA) is 168 Å². The lowest BCUT2D eigenvalue weighted by atomic mass is 9.94. The fourth-order valence-corrected chi connectivity index (χ4v) is 5.88. The number of amides is 4. The van der Waals surface area contributed by atoms with Gasteiger partial charge in [-0.1, -0.05) is 78.9 Å². The van der Waals surface area contributed by atoms with Crippen LogP contribution in [0.15, 0.2) is 91.1 Å². The molecule has 12 heteroatoms. The molecule has 0 aliphatic heterocycles. The molecule has 0 fully saturated rings. The summed E-state index contributed by atoms with van der Waals surface area (Å²) in [5.41, 5.74) is 1.89. The number of esters is 1. The van der Waals surface area contributed by atoms with Crippen molar-refractivity contribution in [3.05, 3.63) is 108 Å². The van der Waals surface area contributed by atoms with Crippen molar-refractivity contribution in [3.8, 4) is 0 Å². The van der Waals surface area contributed by atoms with E-state index < -0.39 is 59.0 Å². The number of fused-ring (bicyclic) bond motifs is 1. The minimum absolute atomic E-state index is 0.0839. The Hall–Kier alpha value is -5.65. The Morgan fingerprint density at radius 1 is 0.611 bits per heavy atom. The first-order chi connectivity index (χ1) is 25.6. The van der Waals surface area contributed by atoms with Crippen LogP contribution < -0.4 is 21.3 Å². The molecule has 288 valence electrons. The van der Waals surface area contributed by atoms with E-state index in [9.17, 15) is 24.0 Å². The van der Waals surface area contributed by atoms with Crippen molar-refractivity contribution in [2.45, 2.75) is 90.5 Å². The lowest BCUT2D eigenvalue weighted by Crippen LogP contribution is -2.56. The summed E-state index contributed by atoms with van der Waals surface area (Å²) in [6.07, 6.45) is 1.50. The van der Waals surface area contributed by atoms with Crippen LogP contribution in [-0.2, 0) is 47.9 Å². The normalized spacial score (nSPS) is 13.2. The van der Waals surface area contributed by atoms with Gasteiger partial charge in [-0.3, -0.25) is 19.2 Å². The average molecular weight is 740 g/mol. The smallest absolute Gasteiger partial charge is 0.407 e. The lowest BCUT2D eigenvalue weighted by Gasteiger charge is -2.26. The highest BCUT2D eigenvalue weighted by Crippen LogP contribution is 2.21. The first-order valence-electron chi connectivity index (χ1n) is 18.3. The van der Waals surface area contributed by atoms with Gasteiger partial charge in [0, 0.05) is 43.0 Å². The molecule has 12 nitrogen and oxygen atoms in total. The first kappa shape index (κ1) is 41.1. The second-order valence-electron chi connectivity index (χ2n) is 15.3. The maximum Gasteiger partial charge on any atom is 0.407 e. The highest BCUT2D eigenvalue weighted by atomic mass is 16.6. The Labute approximate surface area is 317 Å². The van der Waals surface area contributed by atoms with Gasteiger partial charge in [-0.05, 0) is 70.7 Å². The second-order valence-corrected chi connectivity index (χ2v) is 15.3. The fourth-order valence-electron chi connectivity index (χ4n) is 5.88. The van der Waals surface area contributed by atoms with E-state index in [1.807, 2.05) is 84.9 Å². The number of para-hydroxylation sites is 1. The molecule has 5 N–H and O–H groups in total. The number of aromatic amines is 1. The SMILES string of the molecule is CC(C)(C)OC(=O)CC(Cc1ccccc1)C(=O)N[C@@H](Cc1c[nH]c2ccccc12)C(=O)N[C@@H](Cc1ccccc1)C(=O)NCCNC(=O)OC(C)(C)C. The van der Waals surface area contributed by atoms with Crippen molar-refractivity contribution in [1.82, 2.24) is 26.3 Å². The van der Waals surface area contributed by atoms with E-state index in [1.165, 1.54) is 0 Å². The van der Waals surface area contributed by atoms with Crippen LogP contribution in [0.1, 0.15) is 64.7 Å².